The van der Waals surface area contributed by atoms with Gasteiger partial charge in [0.05, 0.1) is 17.5 Å². The van der Waals surface area contributed by atoms with E-state index in [2.05, 4.69) is 10.1 Å². The van der Waals surface area contributed by atoms with Crippen molar-refractivity contribution >= 4 is 35.4 Å². The second kappa shape index (κ2) is 8.98. The molecule has 200 valence electrons. The van der Waals surface area contributed by atoms with Crippen molar-refractivity contribution in [3.63, 3.8) is 0 Å². The van der Waals surface area contributed by atoms with Gasteiger partial charge >= 0.3 is 6.18 Å². The van der Waals surface area contributed by atoms with Gasteiger partial charge in [0.1, 0.15) is 17.0 Å². The summed E-state index contributed by atoms with van der Waals surface area (Å²) >= 11 is 0. The summed E-state index contributed by atoms with van der Waals surface area (Å²) < 4.78 is 46.2. The molecule has 6 rings (SSSR count). The van der Waals surface area contributed by atoms with Crippen molar-refractivity contribution in [1.29, 1.82) is 0 Å². The van der Waals surface area contributed by atoms with Gasteiger partial charge in [0.2, 0.25) is 0 Å². The lowest BCUT2D eigenvalue weighted by atomic mass is 9.75. The Balaban J connectivity index is 1.51. The Labute approximate surface area is 227 Å². The number of amides is 1. The number of carbonyl (C=O) groups is 1. The van der Waals surface area contributed by atoms with Crippen LogP contribution in [0.5, 0.6) is 11.5 Å². The maximum atomic E-state index is 13.8. The molecule has 1 amide bonds. The summed E-state index contributed by atoms with van der Waals surface area (Å²) in [6.45, 7) is 1.36. The molecule has 0 radical (unpaired) electrons. The zero-order valence-corrected chi connectivity index (χ0v) is 21.1. The number of aliphatic imine (C=N–C) groups is 1. The number of alkyl halides is 3. The van der Waals surface area contributed by atoms with E-state index in [1.807, 2.05) is 12.1 Å². The Morgan fingerprint density at radius 1 is 0.850 bits per heavy atom. The number of ether oxygens (including phenoxy) is 1. The molecule has 4 aromatic carbocycles. The lowest BCUT2D eigenvalue weighted by Crippen LogP contribution is -2.44. The number of fused-ring (bicyclic) bond motifs is 6. The molecule has 1 spiro atoms. The molecule has 0 atom stereocenters. The van der Waals surface area contributed by atoms with Crippen LogP contribution in [-0.2, 0) is 11.7 Å². The van der Waals surface area contributed by atoms with Crippen LogP contribution in [0.15, 0.2) is 89.0 Å². The molecular formula is C30H22F3N5O2. The van der Waals surface area contributed by atoms with E-state index in [-0.39, 0.29) is 17.2 Å². The number of anilines is 2. The molecule has 0 bridgehead atoms. The van der Waals surface area contributed by atoms with Crippen molar-refractivity contribution < 1.29 is 22.7 Å². The number of nitrogens with two attached hydrogens (primary N) is 2. The minimum absolute atomic E-state index is 0.0109. The van der Waals surface area contributed by atoms with Gasteiger partial charge in [-0.3, -0.25) is 9.79 Å². The highest BCUT2D eigenvalue weighted by atomic mass is 19.4. The van der Waals surface area contributed by atoms with E-state index in [9.17, 15) is 18.0 Å². The number of hydrogen-bond acceptors (Lipinski definition) is 6. The van der Waals surface area contributed by atoms with E-state index in [0.717, 1.165) is 6.07 Å². The second-order valence-electron chi connectivity index (χ2n) is 9.48. The molecule has 0 unspecified atom stereocenters. The van der Waals surface area contributed by atoms with Crippen LogP contribution in [0, 0.1) is 6.92 Å². The highest BCUT2D eigenvalue weighted by Gasteiger charge is 2.57. The van der Waals surface area contributed by atoms with Crippen molar-refractivity contribution in [1.82, 2.24) is 5.01 Å². The zero-order chi connectivity index (χ0) is 28.2. The first-order valence-electron chi connectivity index (χ1n) is 12.3. The minimum atomic E-state index is -4.50. The van der Waals surface area contributed by atoms with Crippen LogP contribution in [0.25, 0.3) is 0 Å². The van der Waals surface area contributed by atoms with Crippen LogP contribution >= 0.6 is 0 Å². The first-order valence-corrected chi connectivity index (χ1v) is 12.3. The Hall–Kier alpha value is -5.12. The molecule has 2 heterocycles. The fraction of sp³-hybridized carbons (Fsp3) is 0.100. The van der Waals surface area contributed by atoms with Gasteiger partial charge in [0.25, 0.3) is 5.91 Å². The molecule has 7 nitrogen and oxygen atoms in total. The van der Waals surface area contributed by atoms with Crippen molar-refractivity contribution in [3.8, 4) is 11.5 Å². The van der Waals surface area contributed by atoms with Crippen molar-refractivity contribution in [2.24, 2.45) is 10.1 Å². The third kappa shape index (κ3) is 3.71. The van der Waals surface area contributed by atoms with Gasteiger partial charge < -0.3 is 16.2 Å². The topological polar surface area (TPSA) is 106 Å². The van der Waals surface area contributed by atoms with E-state index in [4.69, 9.17) is 16.2 Å². The monoisotopic (exact) mass is 541 g/mol. The molecule has 4 N–H and O–H groups in total. The maximum Gasteiger partial charge on any atom is 0.416 e. The SMILES string of the molecule is Cc1c(N=CC=NN2C(=O)c3ccccc3C23c2ccc(N)cc2Oc2cc(N)ccc23)cccc1C(F)(F)F. The van der Waals surface area contributed by atoms with Gasteiger partial charge in [-0.2, -0.15) is 18.3 Å². The lowest BCUT2D eigenvalue weighted by molar-refractivity contribution is -0.138. The lowest BCUT2D eigenvalue weighted by Gasteiger charge is -2.41. The van der Waals surface area contributed by atoms with Crippen molar-refractivity contribution in [2.75, 3.05) is 11.5 Å². The van der Waals surface area contributed by atoms with Crippen LogP contribution in [0.1, 0.15) is 38.2 Å². The van der Waals surface area contributed by atoms with E-state index < -0.39 is 17.3 Å². The number of halogens is 3. The normalized spacial score (nSPS) is 15.4. The first kappa shape index (κ1) is 25.2. The average molecular weight is 542 g/mol. The smallest absolute Gasteiger partial charge is 0.416 e. The Bertz CT molecular complexity index is 1690. The van der Waals surface area contributed by atoms with Gasteiger partial charge in [-0.1, -0.05) is 36.4 Å². The summed E-state index contributed by atoms with van der Waals surface area (Å²) in [5.41, 5.74) is 13.6. The fourth-order valence-corrected chi connectivity index (χ4v) is 5.41. The molecule has 2 aliphatic rings. The summed E-state index contributed by atoms with van der Waals surface area (Å²) in [7, 11) is 0. The van der Waals surface area contributed by atoms with Crippen LogP contribution in [0.2, 0.25) is 0 Å². The number of rotatable bonds is 3. The van der Waals surface area contributed by atoms with E-state index in [0.29, 0.717) is 45.1 Å². The van der Waals surface area contributed by atoms with Gasteiger partial charge in [-0.25, -0.2) is 5.01 Å². The average Bonchev–Trinajstić information content (AvgIpc) is 3.15. The third-order valence-electron chi connectivity index (χ3n) is 7.14. The third-order valence-corrected chi connectivity index (χ3v) is 7.14. The van der Waals surface area contributed by atoms with Gasteiger partial charge in [0.15, 0.2) is 0 Å². The number of hydrazone groups is 1. The number of carbonyl (C=O) groups excluding carboxylic acids is 1. The summed E-state index contributed by atoms with van der Waals surface area (Å²) in [5, 5.41) is 5.87. The van der Waals surface area contributed by atoms with Crippen molar-refractivity contribution in [2.45, 2.75) is 18.6 Å². The summed E-state index contributed by atoms with van der Waals surface area (Å²) in [4.78, 5) is 18.0. The van der Waals surface area contributed by atoms with Crippen LogP contribution in [0.3, 0.4) is 0 Å². The predicted octanol–water partition coefficient (Wildman–Crippen LogP) is 6.42. The molecule has 0 aliphatic carbocycles. The van der Waals surface area contributed by atoms with Crippen LogP contribution in [-0.4, -0.2) is 23.3 Å². The van der Waals surface area contributed by atoms with E-state index in [1.54, 1.807) is 48.5 Å². The molecule has 0 fully saturated rings. The van der Waals surface area contributed by atoms with Crippen molar-refractivity contribution in [3.05, 3.63) is 112 Å². The van der Waals surface area contributed by atoms with Crippen LogP contribution in [0.4, 0.5) is 30.2 Å². The number of nitrogens with zero attached hydrogens (tertiary/aromatic N) is 3. The Morgan fingerprint density at radius 2 is 1.50 bits per heavy atom. The number of benzene rings is 4. The highest BCUT2D eigenvalue weighted by Crippen LogP contribution is 2.57. The number of nitrogen functional groups attached to an aromatic ring is 2. The van der Waals surface area contributed by atoms with E-state index in [1.165, 1.54) is 36.5 Å². The maximum absolute atomic E-state index is 13.8. The summed E-state index contributed by atoms with van der Waals surface area (Å²) in [5.74, 6) is 0.509. The standard InChI is InChI=1S/C30H22F3N5O2/c1-17-21(30(31,32)33)7-4-8-25(17)36-13-14-37-38-28(39)20-5-2-3-6-22(20)29(38)23-11-9-18(34)15-26(23)40-27-16-19(35)10-12-24(27)29/h2-16H,34-35H2,1H3. The predicted molar refractivity (Wildman–Crippen MR) is 147 cm³/mol. The first-order chi connectivity index (χ1) is 19.1. The molecule has 40 heavy (non-hydrogen) atoms. The largest absolute Gasteiger partial charge is 0.456 e. The summed E-state index contributed by atoms with van der Waals surface area (Å²) in [6.07, 6.45) is -1.95. The number of hydrogen-bond donors (Lipinski definition) is 2. The summed E-state index contributed by atoms with van der Waals surface area (Å²) in [6, 6.07) is 21.3. The molecule has 0 saturated carbocycles. The van der Waals surface area contributed by atoms with E-state index >= 15 is 0 Å². The van der Waals surface area contributed by atoms with Crippen LogP contribution < -0.4 is 16.2 Å². The second-order valence-corrected chi connectivity index (χ2v) is 9.48. The highest BCUT2D eigenvalue weighted by molar-refractivity contribution is 6.17. The zero-order valence-electron chi connectivity index (χ0n) is 21.1. The molecule has 4 aromatic rings. The molecule has 0 aromatic heterocycles. The van der Waals surface area contributed by atoms with Gasteiger partial charge in [-0.15, -0.1) is 0 Å². The fourth-order valence-electron chi connectivity index (χ4n) is 5.41. The molecular weight excluding hydrogens is 519 g/mol. The molecule has 10 heteroatoms. The minimum Gasteiger partial charge on any atom is -0.456 e. The quantitative estimate of drug-likeness (QED) is 0.231. The van der Waals surface area contributed by atoms with Gasteiger partial charge in [0, 0.05) is 52.0 Å². The Kier molecular flexibility index (Phi) is 5.65. The molecule has 2 aliphatic heterocycles. The molecule has 0 saturated heterocycles. The Morgan fingerprint density at radius 3 is 2.15 bits per heavy atom. The van der Waals surface area contributed by atoms with Gasteiger partial charge in [-0.05, 0) is 42.8 Å².